The Morgan fingerprint density at radius 2 is 2.36 bits per heavy atom. The van der Waals surface area contributed by atoms with Gasteiger partial charge in [0.15, 0.2) is 0 Å². The molecule has 0 spiro atoms. The predicted molar refractivity (Wildman–Crippen MR) is 51.7 cm³/mol. The van der Waals surface area contributed by atoms with E-state index in [2.05, 4.69) is 5.10 Å². The Morgan fingerprint density at radius 1 is 1.64 bits per heavy atom. The zero-order chi connectivity index (χ0) is 10.6. The molecule has 1 aromatic heterocycles. The van der Waals surface area contributed by atoms with E-state index in [0.717, 1.165) is 0 Å². The highest BCUT2D eigenvalue weighted by Gasteiger charge is 2.14. The van der Waals surface area contributed by atoms with Crippen molar-refractivity contribution in [2.75, 3.05) is 6.61 Å². The summed E-state index contributed by atoms with van der Waals surface area (Å²) in [6, 6.07) is 1.67. The number of aromatic nitrogens is 2. The largest absolute Gasteiger partial charge is 0.461 e. The molecule has 0 bridgehead atoms. The fraction of sp³-hybridized carbons (Fsp3) is 0.556. The third kappa shape index (κ3) is 2.11. The Balaban J connectivity index is 2.93. The fourth-order valence-corrected chi connectivity index (χ4v) is 1.18. The smallest absolute Gasteiger partial charge is 0.356 e. The number of hydrogen-bond donors (Lipinski definition) is 1. The molecule has 1 rings (SSSR count). The standard InChI is InChI=1S/C9H15N3O2/c1-3-12-8(9(13)14-4-2)5-7(6-10)11-12/h5H,3-4,6,10H2,1-2H3. The van der Waals surface area contributed by atoms with Crippen molar-refractivity contribution in [1.29, 1.82) is 0 Å². The van der Waals surface area contributed by atoms with Crippen LogP contribution >= 0.6 is 0 Å². The Morgan fingerprint density at radius 3 is 2.86 bits per heavy atom. The van der Waals surface area contributed by atoms with Crippen molar-refractivity contribution in [2.45, 2.75) is 26.9 Å². The van der Waals surface area contributed by atoms with Crippen molar-refractivity contribution in [3.05, 3.63) is 17.5 Å². The third-order valence-electron chi connectivity index (χ3n) is 1.82. The van der Waals surface area contributed by atoms with Crippen LogP contribution in [0.15, 0.2) is 6.07 Å². The van der Waals surface area contributed by atoms with Gasteiger partial charge < -0.3 is 10.5 Å². The van der Waals surface area contributed by atoms with Gasteiger partial charge in [-0.1, -0.05) is 0 Å². The number of carbonyl (C=O) groups excluding carboxylic acids is 1. The van der Waals surface area contributed by atoms with Gasteiger partial charge >= 0.3 is 5.97 Å². The molecule has 0 radical (unpaired) electrons. The van der Waals surface area contributed by atoms with Crippen LogP contribution in [0, 0.1) is 0 Å². The summed E-state index contributed by atoms with van der Waals surface area (Å²) in [4.78, 5) is 11.4. The van der Waals surface area contributed by atoms with E-state index in [1.807, 2.05) is 6.92 Å². The normalized spacial score (nSPS) is 10.2. The van der Waals surface area contributed by atoms with Gasteiger partial charge in [0.2, 0.25) is 0 Å². The summed E-state index contributed by atoms with van der Waals surface area (Å²) in [5, 5.41) is 4.14. The van der Waals surface area contributed by atoms with Crippen molar-refractivity contribution in [2.24, 2.45) is 5.73 Å². The second-order valence-electron chi connectivity index (χ2n) is 2.76. The van der Waals surface area contributed by atoms with Crippen molar-refractivity contribution in [3.8, 4) is 0 Å². The summed E-state index contributed by atoms with van der Waals surface area (Å²) >= 11 is 0. The molecule has 0 aliphatic rings. The molecule has 78 valence electrons. The summed E-state index contributed by atoms with van der Waals surface area (Å²) in [5.41, 5.74) is 6.60. The van der Waals surface area contributed by atoms with Crippen molar-refractivity contribution in [3.63, 3.8) is 0 Å². The highest BCUT2D eigenvalue weighted by molar-refractivity contribution is 5.87. The van der Waals surface area contributed by atoms with Crippen molar-refractivity contribution in [1.82, 2.24) is 9.78 Å². The molecule has 0 aliphatic carbocycles. The first-order valence-electron chi connectivity index (χ1n) is 4.66. The molecule has 5 nitrogen and oxygen atoms in total. The zero-order valence-corrected chi connectivity index (χ0v) is 8.49. The van der Waals surface area contributed by atoms with Crippen LogP contribution in [0.3, 0.4) is 0 Å². The van der Waals surface area contributed by atoms with Crippen LogP contribution in [0.2, 0.25) is 0 Å². The number of rotatable bonds is 4. The number of carbonyl (C=O) groups is 1. The monoisotopic (exact) mass is 197 g/mol. The van der Waals surface area contributed by atoms with Crippen LogP contribution in [0.5, 0.6) is 0 Å². The van der Waals surface area contributed by atoms with Crippen molar-refractivity contribution >= 4 is 5.97 Å². The molecule has 0 aromatic carbocycles. The van der Waals surface area contributed by atoms with E-state index in [9.17, 15) is 4.79 Å². The SMILES string of the molecule is CCOC(=O)c1cc(CN)nn1CC. The van der Waals surface area contributed by atoms with Crippen LogP contribution < -0.4 is 5.73 Å². The topological polar surface area (TPSA) is 70.1 Å². The number of hydrogen-bond acceptors (Lipinski definition) is 4. The first-order chi connectivity index (χ1) is 6.72. The summed E-state index contributed by atoms with van der Waals surface area (Å²) in [5.74, 6) is -0.346. The van der Waals surface area contributed by atoms with Gasteiger partial charge in [-0.2, -0.15) is 5.10 Å². The number of aryl methyl sites for hydroxylation is 1. The van der Waals surface area contributed by atoms with Crippen LogP contribution in [0.4, 0.5) is 0 Å². The predicted octanol–water partition coefficient (Wildman–Crippen LogP) is 0.538. The van der Waals surface area contributed by atoms with E-state index in [-0.39, 0.29) is 5.97 Å². The molecule has 0 atom stereocenters. The maximum absolute atomic E-state index is 11.4. The van der Waals surface area contributed by atoms with E-state index < -0.39 is 0 Å². The van der Waals surface area contributed by atoms with Gasteiger partial charge in [0.25, 0.3) is 0 Å². The Labute approximate surface area is 82.8 Å². The van der Waals surface area contributed by atoms with E-state index in [1.54, 1.807) is 17.7 Å². The Kier molecular flexibility index (Phi) is 3.64. The van der Waals surface area contributed by atoms with Gasteiger partial charge in [0.05, 0.1) is 12.3 Å². The zero-order valence-electron chi connectivity index (χ0n) is 8.49. The lowest BCUT2D eigenvalue weighted by Crippen LogP contribution is -2.12. The summed E-state index contributed by atoms with van der Waals surface area (Å²) in [7, 11) is 0. The second-order valence-corrected chi connectivity index (χ2v) is 2.76. The first kappa shape index (κ1) is 10.7. The molecule has 1 aromatic rings. The lowest BCUT2D eigenvalue weighted by atomic mass is 10.3. The summed E-state index contributed by atoms with van der Waals surface area (Å²) in [6.07, 6.45) is 0. The van der Waals surface area contributed by atoms with Gasteiger partial charge in [-0.25, -0.2) is 4.79 Å². The molecule has 5 heteroatoms. The number of nitrogens with zero attached hydrogens (tertiary/aromatic N) is 2. The average molecular weight is 197 g/mol. The van der Waals surface area contributed by atoms with E-state index in [4.69, 9.17) is 10.5 Å². The number of nitrogens with two attached hydrogens (primary N) is 1. The van der Waals surface area contributed by atoms with Crippen molar-refractivity contribution < 1.29 is 9.53 Å². The van der Waals surface area contributed by atoms with Gasteiger partial charge in [0, 0.05) is 13.1 Å². The van der Waals surface area contributed by atoms with Gasteiger partial charge in [-0.3, -0.25) is 4.68 Å². The third-order valence-corrected chi connectivity index (χ3v) is 1.82. The minimum Gasteiger partial charge on any atom is -0.461 e. The Bertz CT molecular complexity index is 320. The Hall–Kier alpha value is -1.36. The molecule has 2 N–H and O–H groups in total. The molecule has 0 amide bonds. The summed E-state index contributed by atoms with van der Waals surface area (Å²) < 4.78 is 6.49. The lowest BCUT2D eigenvalue weighted by Gasteiger charge is -2.02. The number of esters is 1. The minimum atomic E-state index is -0.346. The average Bonchev–Trinajstić information content (AvgIpc) is 2.61. The molecule has 0 saturated heterocycles. The van der Waals surface area contributed by atoms with Gasteiger partial charge in [-0.15, -0.1) is 0 Å². The molecular formula is C9H15N3O2. The van der Waals surface area contributed by atoms with Crippen LogP contribution in [-0.2, 0) is 17.8 Å². The quantitative estimate of drug-likeness (QED) is 0.715. The fourth-order valence-electron chi connectivity index (χ4n) is 1.18. The molecule has 1 heterocycles. The molecule has 0 fully saturated rings. The summed E-state index contributed by atoms with van der Waals surface area (Å²) in [6.45, 7) is 5.02. The molecular weight excluding hydrogens is 182 g/mol. The van der Waals surface area contributed by atoms with E-state index >= 15 is 0 Å². The molecule has 0 aliphatic heterocycles. The highest BCUT2D eigenvalue weighted by atomic mass is 16.5. The van der Waals surface area contributed by atoms with Crippen LogP contribution in [-0.4, -0.2) is 22.4 Å². The van der Waals surface area contributed by atoms with Gasteiger partial charge in [0.1, 0.15) is 5.69 Å². The maximum Gasteiger partial charge on any atom is 0.356 e. The first-order valence-corrected chi connectivity index (χ1v) is 4.66. The molecule has 14 heavy (non-hydrogen) atoms. The molecule has 0 saturated carbocycles. The molecule has 0 unspecified atom stereocenters. The second kappa shape index (κ2) is 4.76. The van der Waals surface area contributed by atoms with E-state index in [1.165, 1.54) is 0 Å². The van der Waals surface area contributed by atoms with Crippen LogP contribution in [0.1, 0.15) is 30.0 Å². The maximum atomic E-state index is 11.4. The van der Waals surface area contributed by atoms with Crippen LogP contribution in [0.25, 0.3) is 0 Å². The highest BCUT2D eigenvalue weighted by Crippen LogP contribution is 2.06. The number of ether oxygens (including phenoxy) is 1. The van der Waals surface area contributed by atoms with Gasteiger partial charge in [-0.05, 0) is 19.9 Å². The van der Waals surface area contributed by atoms with E-state index in [0.29, 0.717) is 31.1 Å². The minimum absolute atomic E-state index is 0.333. The lowest BCUT2D eigenvalue weighted by molar-refractivity contribution is 0.0512.